The minimum absolute atomic E-state index is 0.0533. The second kappa shape index (κ2) is 8.94. The first-order valence-corrected chi connectivity index (χ1v) is 10.9. The summed E-state index contributed by atoms with van der Waals surface area (Å²) in [7, 11) is 1.94. The minimum atomic E-state index is -0.0533. The van der Waals surface area contributed by atoms with Crippen molar-refractivity contribution in [3.63, 3.8) is 0 Å². The highest BCUT2D eigenvalue weighted by molar-refractivity contribution is 5.92. The van der Waals surface area contributed by atoms with E-state index in [1.165, 1.54) is 10.4 Å². The molecule has 0 bridgehead atoms. The van der Waals surface area contributed by atoms with Crippen molar-refractivity contribution in [2.75, 3.05) is 26.2 Å². The van der Waals surface area contributed by atoms with Crippen molar-refractivity contribution in [2.45, 2.75) is 20.1 Å². The number of hydrogen-bond donors (Lipinski definition) is 0. The summed E-state index contributed by atoms with van der Waals surface area (Å²) in [6.07, 6.45) is 3.83. The molecule has 11 nitrogen and oxygen atoms in total. The third-order valence-electron chi connectivity index (χ3n) is 5.78. The van der Waals surface area contributed by atoms with Crippen molar-refractivity contribution in [3.8, 4) is 11.4 Å². The molecule has 11 heteroatoms. The molecule has 0 aliphatic carbocycles. The van der Waals surface area contributed by atoms with Gasteiger partial charge in [-0.1, -0.05) is 30.3 Å². The molecule has 4 aromatic rings. The smallest absolute Gasteiger partial charge is 0.274 e. The second-order valence-electron chi connectivity index (χ2n) is 8.21. The van der Waals surface area contributed by atoms with E-state index in [9.17, 15) is 4.79 Å². The molecule has 3 aromatic heterocycles. The van der Waals surface area contributed by atoms with Gasteiger partial charge < -0.3 is 4.90 Å². The Morgan fingerprint density at radius 1 is 1.00 bits per heavy atom. The quantitative estimate of drug-likeness (QED) is 0.436. The van der Waals surface area contributed by atoms with E-state index in [-0.39, 0.29) is 12.6 Å². The Morgan fingerprint density at radius 3 is 2.52 bits per heavy atom. The number of rotatable bonds is 6. The fourth-order valence-electron chi connectivity index (χ4n) is 4.01. The van der Waals surface area contributed by atoms with Gasteiger partial charge in [0.1, 0.15) is 5.69 Å². The Balaban J connectivity index is 1.16. The molecular weight excluding hydrogens is 420 g/mol. The summed E-state index contributed by atoms with van der Waals surface area (Å²) in [5.74, 6) is 0.501. The van der Waals surface area contributed by atoms with E-state index >= 15 is 0 Å². The van der Waals surface area contributed by atoms with Gasteiger partial charge in [0, 0.05) is 63.3 Å². The SMILES string of the molecule is Cc1nn(C)cc1CN1CCN(C(=O)c2ccn(Cn3nnc(-c4ccccc4)n3)n2)CC1. The Morgan fingerprint density at radius 2 is 1.79 bits per heavy atom. The monoisotopic (exact) mass is 446 g/mol. The van der Waals surface area contributed by atoms with Crippen molar-refractivity contribution in [1.29, 1.82) is 0 Å². The van der Waals surface area contributed by atoms with Crippen molar-refractivity contribution < 1.29 is 4.79 Å². The van der Waals surface area contributed by atoms with Crippen molar-refractivity contribution >= 4 is 5.91 Å². The molecule has 1 saturated heterocycles. The van der Waals surface area contributed by atoms with Crippen LogP contribution < -0.4 is 0 Å². The van der Waals surface area contributed by atoms with Gasteiger partial charge in [0.05, 0.1) is 5.69 Å². The first-order chi connectivity index (χ1) is 16.0. The third kappa shape index (κ3) is 4.67. The highest BCUT2D eigenvalue weighted by Crippen LogP contribution is 2.14. The number of aromatic nitrogens is 8. The molecule has 1 aliphatic heterocycles. The predicted molar refractivity (Wildman–Crippen MR) is 120 cm³/mol. The van der Waals surface area contributed by atoms with E-state index in [2.05, 4.69) is 36.7 Å². The zero-order valence-corrected chi connectivity index (χ0v) is 18.7. The van der Waals surface area contributed by atoms with Gasteiger partial charge in [-0.3, -0.25) is 14.4 Å². The highest BCUT2D eigenvalue weighted by Gasteiger charge is 2.24. The lowest BCUT2D eigenvalue weighted by Gasteiger charge is -2.34. The summed E-state index contributed by atoms with van der Waals surface area (Å²) in [6.45, 7) is 6.17. The van der Waals surface area contributed by atoms with E-state index in [1.807, 2.05) is 53.9 Å². The first-order valence-electron chi connectivity index (χ1n) is 10.9. The standard InChI is InChI=1S/C22H26N10O/c1-17-19(14-28(2)24-17)15-29-10-12-30(13-11-29)22(33)20-8-9-31(25-20)16-32-26-21(23-27-32)18-6-4-3-5-7-18/h3-9,14H,10-13,15-16H2,1-2H3. The van der Waals surface area contributed by atoms with Gasteiger partial charge in [0.2, 0.25) is 5.82 Å². The van der Waals surface area contributed by atoms with Crippen LogP contribution in [0.2, 0.25) is 0 Å². The Kier molecular flexibility index (Phi) is 5.69. The maximum atomic E-state index is 12.9. The number of tetrazole rings is 1. The maximum absolute atomic E-state index is 12.9. The van der Waals surface area contributed by atoms with Crippen LogP contribution in [0.1, 0.15) is 21.7 Å². The molecule has 1 amide bonds. The molecule has 4 heterocycles. The number of amides is 1. The summed E-state index contributed by atoms with van der Waals surface area (Å²) < 4.78 is 3.49. The molecule has 0 atom stereocenters. The number of piperazine rings is 1. The highest BCUT2D eigenvalue weighted by atomic mass is 16.2. The van der Waals surface area contributed by atoms with Gasteiger partial charge in [-0.25, -0.2) is 4.68 Å². The number of aryl methyl sites for hydroxylation is 2. The number of carbonyl (C=O) groups excluding carboxylic acids is 1. The van der Waals surface area contributed by atoms with Gasteiger partial charge in [0.25, 0.3) is 5.91 Å². The molecule has 33 heavy (non-hydrogen) atoms. The molecule has 1 fully saturated rings. The molecule has 170 valence electrons. The summed E-state index contributed by atoms with van der Waals surface area (Å²) in [5.41, 5.74) is 3.61. The topological polar surface area (TPSA) is 103 Å². The fraction of sp³-hybridized carbons (Fsp3) is 0.364. The minimum Gasteiger partial charge on any atom is -0.335 e. The van der Waals surface area contributed by atoms with Crippen LogP contribution in [0.5, 0.6) is 0 Å². The number of hydrogen-bond acceptors (Lipinski definition) is 7. The lowest BCUT2D eigenvalue weighted by atomic mass is 10.2. The van der Waals surface area contributed by atoms with Crippen LogP contribution in [0.15, 0.2) is 48.8 Å². The van der Waals surface area contributed by atoms with Crippen molar-refractivity contribution in [1.82, 2.24) is 49.6 Å². The predicted octanol–water partition coefficient (Wildman–Crippen LogP) is 1.04. The molecule has 0 unspecified atom stereocenters. The van der Waals surface area contributed by atoms with Crippen LogP contribution in [0.3, 0.4) is 0 Å². The summed E-state index contributed by atoms with van der Waals surface area (Å²) in [4.78, 5) is 18.6. The number of nitrogens with zero attached hydrogens (tertiary/aromatic N) is 10. The summed E-state index contributed by atoms with van der Waals surface area (Å²) in [6, 6.07) is 11.4. The Labute approximate surface area is 191 Å². The molecule has 0 N–H and O–H groups in total. The van der Waals surface area contributed by atoms with Gasteiger partial charge in [-0.15, -0.1) is 15.0 Å². The van der Waals surface area contributed by atoms with Crippen LogP contribution in [0, 0.1) is 6.92 Å². The van der Waals surface area contributed by atoms with Crippen molar-refractivity contribution in [2.24, 2.45) is 7.05 Å². The second-order valence-corrected chi connectivity index (χ2v) is 8.21. The van der Waals surface area contributed by atoms with E-state index in [0.29, 0.717) is 24.6 Å². The van der Waals surface area contributed by atoms with Gasteiger partial charge in [0.15, 0.2) is 6.67 Å². The van der Waals surface area contributed by atoms with Gasteiger partial charge >= 0.3 is 0 Å². The molecule has 0 radical (unpaired) electrons. The van der Waals surface area contributed by atoms with E-state index < -0.39 is 0 Å². The Bertz CT molecular complexity index is 1230. The summed E-state index contributed by atoms with van der Waals surface area (Å²) >= 11 is 0. The van der Waals surface area contributed by atoms with Crippen LogP contribution in [0.4, 0.5) is 0 Å². The van der Waals surface area contributed by atoms with Crippen LogP contribution in [-0.4, -0.2) is 81.7 Å². The molecule has 1 aliphatic rings. The average molecular weight is 447 g/mol. The molecule has 5 rings (SSSR count). The zero-order valence-electron chi connectivity index (χ0n) is 18.7. The van der Waals surface area contributed by atoms with Crippen molar-refractivity contribution in [3.05, 3.63) is 65.7 Å². The average Bonchev–Trinajstić information content (AvgIpc) is 3.56. The van der Waals surface area contributed by atoms with Gasteiger partial charge in [-0.2, -0.15) is 10.2 Å². The number of benzene rings is 1. The summed E-state index contributed by atoms with van der Waals surface area (Å²) in [5, 5.41) is 21.4. The molecule has 1 aromatic carbocycles. The molecular formula is C22H26N10O. The third-order valence-corrected chi connectivity index (χ3v) is 5.78. The first kappa shape index (κ1) is 21.0. The van der Waals surface area contributed by atoms with Crippen LogP contribution >= 0.6 is 0 Å². The molecule has 0 spiro atoms. The van der Waals surface area contributed by atoms with E-state index in [1.54, 1.807) is 16.9 Å². The maximum Gasteiger partial charge on any atom is 0.274 e. The lowest BCUT2D eigenvalue weighted by molar-refractivity contribution is 0.0621. The lowest BCUT2D eigenvalue weighted by Crippen LogP contribution is -2.48. The largest absolute Gasteiger partial charge is 0.335 e. The van der Waals surface area contributed by atoms with E-state index in [0.717, 1.165) is 30.9 Å². The molecule has 0 saturated carbocycles. The normalized spacial score (nSPS) is 14.7. The number of carbonyl (C=O) groups is 1. The van der Waals surface area contributed by atoms with E-state index in [4.69, 9.17) is 0 Å². The van der Waals surface area contributed by atoms with Gasteiger partial charge in [-0.05, 0) is 18.2 Å². The van der Waals surface area contributed by atoms with Crippen LogP contribution in [0.25, 0.3) is 11.4 Å². The Hall–Kier alpha value is -3.86. The fourth-order valence-corrected chi connectivity index (χ4v) is 4.01. The zero-order chi connectivity index (χ0) is 22.8. The van der Waals surface area contributed by atoms with Crippen LogP contribution in [-0.2, 0) is 20.3 Å².